The molecule has 3 rings (SSSR count). The van der Waals surface area contributed by atoms with E-state index in [1.165, 1.54) is 62.6 Å². The van der Waals surface area contributed by atoms with Crippen molar-refractivity contribution >= 4 is 27.5 Å². The third-order valence-corrected chi connectivity index (χ3v) is 7.75. The fraction of sp³-hybridized carbons (Fsp3) is 0.259. The van der Waals surface area contributed by atoms with Crippen molar-refractivity contribution in [3.63, 3.8) is 0 Å². The van der Waals surface area contributed by atoms with Gasteiger partial charge in [0.05, 0.1) is 24.8 Å². The van der Waals surface area contributed by atoms with Crippen molar-refractivity contribution < 1.29 is 31.9 Å². The van der Waals surface area contributed by atoms with Crippen LogP contribution in [0.2, 0.25) is 0 Å². The molecule has 3 aromatic rings. The lowest BCUT2D eigenvalue weighted by Crippen LogP contribution is -2.50. The number of methoxy groups -OCH3 is 2. The van der Waals surface area contributed by atoms with E-state index in [1.807, 2.05) is 0 Å². The van der Waals surface area contributed by atoms with Gasteiger partial charge in [0, 0.05) is 13.6 Å². The molecule has 0 bridgehead atoms. The van der Waals surface area contributed by atoms with E-state index in [4.69, 9.17) is 9.47 Å². The van der Waals surface area contributed by atoms with E-state index in [9.17, 15) is 22.4 Å². The van der Waals surface area contributed by atoms with Gasteiger partial charge in [0.15, 0.2) is 0 Å². The summed E-state index contributed by atoms with van der Waals surface area (Å²) in [5, 5.41) is 2.52. The second-order valence-electron chi connectivity index (χ2n) is 8.32. The SMILES string of the molecule is CNC(=O)[C@H](C)N(Cc1ccc(OC)cc1)C(=O)CN(c1ccc(F)cc1)S(=O)(=O)c1ccc(OC)cc1. The quantitative estimate of drug-likeness (QED) is 0.398. The molecule has 0 aliphatic heterocycles. The van der Waals surface area contributed by atoms with Gasteiger partial charge in [0.25, 0.3) is 10.0 Å². The summed E-state index contributed by atoms with van der Waals surface area (Å²) in [6.45, 7) is 0.967. The molecule has 9 nitrogen and oxygen atoms in total. The molecule has 3 aromatic carbocycles. The Bertz CT molecular complexity index is 1350. The van der Waals surface area contributed by atoms with E-state index in [0.717, 1.165) is 16.4 Å². The summed E-state index contributed by atoms with van der Waals surface area (Å²) in [6.07, 6.45) is 0. The molecule has 0 heterocycles. The number of ether oxygens (including phenoxy) is 2. The summed E-state index contributed by atoms with van der Waals surface area (Å²) in [6, 6.07) is 16.5. The van der Waals surface area contributed by atoms with Gasteiger partial charge in [-0.2, -0.15) is 0 Å². The monoisotopic (exact) mass is 543 g/mol. The summed E-state index contributed by atoms with van der Waals surface area (Å²) in [5.41, 5.74) is 0.800. The predicted octanol–water partition coefficient (Wildman–Crippen LogP) is 3.20. The van der Waals surface area contributed by atoms with Crippen molar-refractivity contribution in [3.8, 4) is 11.5 Å². The maximum atomic E-state index is 13.7. The fourth-order valence-electron chi connectivity index (χ4n) is 3.73. The summed E-state index contributed by atoms with van der Waals surface area (Å²) < 4.78 is 52.2. The van der Waals surface area contributed by atoms with Crippen LogP contribution < -0.4 is 19.1 Å². The predicted molar refractivity (Wildman–Crippen MR) is 141 cm³/mol. The number of hydrogen-bond acceptors (Lipinski definition) is 6. The smallest absolute Gasteiger partial charge is 0.264 e. The van der Waals surface area contributed by atoms with Gasteiger partial charge < -0.3 is 19.7 Å². The molecule has 1 N–H and O–H groups in total. The van der Waals surface area contributed by atoms with Gasteiger partial charge >= 0.3 is 0 Å². The van der Waals surface area contributed by atoms with Gasteiger partial charge in [-0.15, -0.1) is 0 Å². The molecule has 0 fully saturated rings. The van der Waals surface area contributed by atoms with Gasteiger partial charge in [-0.25, -0.2) is 12.8 Å². The lowest BCUT2D eigenvalue weighted by atomic mass is 10.1. The molecular formula is C27H30FN3O6S. The topological polar surface area (TPSA) is 105 Å². The fourth-order valence-corrected chi connectivity index (χ4v) is 5.14. The summed E-state index contributed by atoms with van der Waals surface area (Å²) in [5.74, 6) is -0.523. The van der Waals surface area contributed by atoms with Gasteiger partial charge in [-0.05, 0) is 73.2 Å². The Morgan fingerprint density at radius 1 is 0.895 bits per heavy atom. The Morgan fingerprint density at radius 3 is 1.92 bits per heavy atom. The Hall–Kier alpha value is -4.12. The molecular weight excluding hydrogens is 513 g/mol. The molecule has 11 heteroatoms. The lowest BCUT2D eigenvalue weighted by Gasteiger charge is -2.31. The molecule has 0 radical (unpaired) electrons. The van der Waals surface area contributed by atoms with E-state index in [2.05, 4.69) is 5.32 Å². The van der Waals surface area contributed by atoms with Crippen LogP contribution in [-0.4, -0.2) is 59.0 Å². The Kier molecular flexibility index (Phi) is 9.30. The van der Waals surface area contributed by atoms with Crippen molar-refractivity contribution in [2.24, 2.45) is 0 Å². The number of halogens is 1. The Balaban J connectivity index is 2.01. The minimum Gasteiger partial charge on any atom is -0.497 e. The normalized spacial score (nSPS) is 11.8. The summed E-state index contributed by atoms with van der Waals surface area (Å²) in [7, 11) is 0.179. The highest BCUT2D eigenvalue weighted by atomic mass is 32.2. The number of anilines is 1. The van der Waals surface area contributed by atoms with Crippen LogP contribution in [0, 0.1) is 5.82 Å². The first kappa shape index (κ1) is 28.5. The number of sulfonamides is 1. The van der Waals surface area contributed by atoms with Crippen molar-refractivity contribution in [2.75, 3.05) is 32.1 Å². The maximum absolute atomic E-state index is 13.7. The lowest BCUT2D eigenvalue weighted by molar-refractivity contribution is -0.139. The van der Waals surface area contributed by atoms with Crippen molar-refractivity contribution in [1.29, 1.82) is 0 Å². The number of amides is 2. The number of rotatable bonds is 11. The minimum absolute atomic E-state index is 0.0389. The van der Waals surface area contributed by atoms with Crippen LogP contribution >= 0.6 is 0 Å². The van der Waals surface area contributed by atoms with Crippen LogP contribution in [-0.2, 0) is 26.2 Å². The van der Waals surface area contributed by atoms with Gasteiger partial charge in [0.1, 0.15) is 29.9 Å². The van der Waals surface area contributed by atoms with Gasteiger partial charge in [-0.3, -0.25) is 13.9 Å². The highest BCUT2D eigenvalue weighted by molar-refractivity contribution is 7.92. The van der Waals surface area contributed by atoms with E-state index in [0.29, 0.717) is 17.1 Å². The molecule has 2 amide bonds. The van der Waals surface area contributed by atoms with Crippen molar-refractivity contribution in [3.05, 3.63) is 84.2 Å². The minimum atomic E-state index is -4.26. The van der Waals surface area contributed by atoms with Crippen LogP contribution in [0.25, 0.3) is 0 Å². The average molecular weight is 544 g/mol. The largest absolute Gasteiger partial charge is 0.497 e. The number of hydrogen-bond donors (Lipinski definition) is 1. The van der Waals surface area contributed by atoms with Gasteiger partial charge in [-0.1, -0.05) is 12.1 Å². The zero-order valence-electron chi connectivity index (χ0n) is 21.5. The van der Waals surface area contributed by atoms with Crippen LogP contribution in [0.5, 0.6) is 11.5 Å². The highest BCUT2D eigenvalue weighted by Gasteiger charge is 2.32. The number of carbonyl (C=O) groups excluding carboxylic acids is 2. The third-order valence-electron chi connectivity index (χ3n) is 5.97. The molecule has 0 aliphatic carbocycles. The third kappa shape index (κ3) is 6.60. The maximum Gasteiger partial charge on any atom is 0.264 e. The average Bonchev–Trinajstić information content (AvgIpc) is 2.94. The van der Waals surface area contributed by atoms with E-state index in [-0.39, 0.29) is 17.1 Å². The molecule has 0 aromatic heterocycles. The first-order valence-electron chi connectivity index (χ1n) is 11.7. The van der Waals surface area contributed by atoms with Crippen molar-refractivity contribution in [1.82, 2.24) is 10.2 Å². The zero-order valence-corrected chi connectivity index (χ0v) is 22.4. The molecule has 0 aliphatic rings. The second kappa shape index (κ2) is 12.4. The van der Waals surface area contributed by atoms with Crippen LogP contribution in [0.3, 0.4) is 0 Å². The highest BCUT2D eigenvalue weighted by Crippen LogP contribution is 2.26. The van der Waals surface area contributed by atoms with E-state index < -0.39 is 40.2 Å². The first-order chi connectivity index (χ1) is 18.1. The Morgan fingerprint density at radius 2 is 1.42 bits per heavy atom. The number of benzene rings is 3. The van der Waals surface area contributed by atoms with Gasteiger partial charge in [0.2, 0.25) is 11.8 Å². The van der Waals surface area contributed by atoms with Crippen LogP contribution in [0.15, 0.2) is 77.7 Å². The first-order valence-corrected chi connectivity index (χ1v) is 13.1. The molecule has 0 unspecified atom stereocenters. The second-order valence-corrected chi connectivity index (χ2v) is 10.2. The van der Waals surface area contributed by atoms with Crippen molar-refractivity contribution in [2.45, 2.75) is 24.4 Å². The van der Waals surface area contributed by atoms with Crippen LogP contribution in [0.4, 0.5) is 10.1 Å². The summed E-state index contributed by atoms with van der Waals surface area (Å²) >= 11 is 0. The number of likely N-dealkylation sites (N-methyl/N-ethyl adjacent to an activating group) is 1. The summed E-state index contributed by atoms with van der Waals surface area (Å²) in [4.78, 5) is 27.4. The number of nitrogens with one attached hydrogen (secondary N) is 1. The zero-order chi connectivity index (χ0) is 27.9. The molecule has 1 atom stereocenters. The molecule has 0 spiro atoms. The van der Waals surface area contributed by atoms with Crippen LogP contribution in [0.1, 0.15) is 12.5 Å². The molecule has 0 saturated carbocycles. The molecule has 0 saturated heterocycles. The standard InChI is InChI=1S/C27H30FN3O6S/c1-19(27(33)29-2)30(17-20-5-11-23(36-3)12-6-20)26(32)18-31(22-9-7-21(28)8-10-22)38(34,35)25-15-13-24(37-4)14-16-25/h5-16,19H,17-18H2,1-4H3,(H,29,33)/t19-/m0/s1. The number of carbonyl (C=O) groups is 2. The van der Waals surface area contributed by atoms with E-state index >= 15 is 0 Å². The molecule has 38 heavy (non-hydrogen) atoms. The van der Waals surface area contributed by atoms with E-state index in [1.54, 1.807) is 31.2 Å². The Labute approximate surface area is 221 Å². The molecule has 202 valence electrons. The number of nitrogens with zero attached hydrogens (tertiary/aromatic N) is 2.